The zero-order valence-corrected chi connectivity index (χ0v) is 15.1. The summed E-state index contributed by atoms with van der Waals surface area (Å²) in [4.78, 5) is 11.6. The molecule has 0 bridgehead atoms. The number of rotatable bonds is 8. The molecule has 1 aliphatic heterocycles. The monoisotopic (exact) mass is 339 g/mol. The first-order chi connectivity index (χ1) is 11.3. The molecule has 0 amide bonds. The van der Waals surface area contributed by atoms with Crippen molar-refractivity contribution in [1.29, 1.82) is 0 Å². The molecule has 2 N–H and O–H groups in total. The highest BCUT2D eigenvalue weighted by Crippen LogP contribution is 2.10. The third-order valence-electron chi connectivity index (χ3n) is 3.65. The Morgan fingerprint density at radius 1 is 1.39 bits per heavy atom. The molecule has 1 aromatic heterocycles. The number of aliphatic imine (C=N–C) groups is 1. The lowest BCUT2D eigenvalue weighted by atomic mass is 10.3. The fraction of sp³-hybridized carbons (Fsp3) is 0.750. The largest absolute Gasteiger partial charge is 0.379 e. The molecule has 2 rings (SSSR count). The maximum atomic E-state index is 5.37. The highest BCUT2D eigenvalue weighted by atomic mass is 32.1. The van der Waals surface area contributed by atoms with E-state index in [1.165, 1.54) is 5.01 Å². The summed E-state index contributed by atoms with van der Waals surface area (Å²) in [5.74, 6) is 0.913. The quantitative estimate of drug-likeness (QED) is 0.424. The molecule has 0 atom stereocenters. The molecule has 1 aliphatic rings. The lowest BCUT2D eigenvalue weighted by Gasteiger charge is -2.26. The molecule has 1 saturated heterocycles. The number of nitrogens with zero attached hydrogens (tertiary/aromatic N) is 3. The van der Waals surface area contributed by atoms with Crippen LogP contribution in [0, 0.1) is 6.92 Å². The summed E-state index contributed by atoms with van der Waals surface area (Å²) in [7, 11) is 0. The third-order valence-corrected chi connectivity index (χ3v) is 4.68. The van der Waals surface area contributed by atoms with Crippen molar-refractivity contribution >= 4 is 17.3 Å². The average molecular weight is 340 g/mol. The van der Waals surface area contributed by atoms with E-state index in [0.29, 0.717) is 0 Å². The van der Waals surface area contributed by atoms with Crippen LogP contribution in [0.15, 0.2) is 10.4 Å². The van der Waals surface area contributed by atoms with Gasteiger partial charge < -0.3 is 15.4 Å². The second-order valence-corrected chi connectivity index (χ2v) is 6.57. The summed E-state index contributed by atoms with van der Waals surface area (Å²) in [6.45, 7) is 11.6. The third kappa shape index (κ3) is 7.28. The lowest BCUT2D eigenvalue weighted by molar-refractivity contribution is 0.0389. The van der Waals surface area contributed by atoms with Gasteiger partial charge in [0.05, 0.1) is 18.2 Å². The van der Waals surface area contributed by atoms with Crippen molar-refractivity contribution in [3.63, 3.8) is 0 Å². The van der Waals surface area contributed by atoms with E-state index in [1.54, 1.807) is 11.3 Å². The molecular formula is C16H29N5OS. The van der Waals surface area contributed by atoms with Gasteiger partial charge in [0, 0.05) is 56.8 Å². The minimum absolute atomic E-state index is 0.825. The van der Waals surface area contributed by atoms with Crippen LogP contribution >= 0.6 is 11.3 Å². The number of hydrogen-bond donors (Lipinski definition) is 2. The Bertz CT molecular complexity index is 471. The number of aromatic nitrogens is 1. The second kappa shape index (κ2) is 10.6. The van der Waals surface area contributed by atoms with Gasteiger partial charge in [-0.05, 0) is 20.3 Å². The molecule has 0 saturated carbocycles. The molecule has 0 aromatic carbocycles. The normalized spacial score (nSPS) is 16.5. The molecular weight excluding hydrogens is 310 g/mol. The maximum Gasteiger partial charge on any atom is 0.191 e. The van der Waals surface area contributed by atoms with Crippen LogP contribution in [0.2, 0.25) is 0 Å². The highest BCUT2D eigenvalue weighted by Gasteiger charge is 2.09. The molecule has 0 spiro atoms. The van der Waals surface area contributed by atoms with Crippen LogP contribution in [0.3, 0.4) is 0 Å². The minimum atomic E-state index is 0.825. The number of hydrogen-bond acceptors (Lipinski definition) is 5. The SMILES string of the molecule is CCNC(=NCCCc1nc(C)cs1)NCCN1CCOCC1. The van der Waals surface area contributed by atoms with Crippen molar-refractivity contribution in [3.05, 3.63) is 16.1 Å². The van der Waals surface area contributed by atoms with E-state index in [-0.39, 0.29) is 0 Å². The number of thiazole rings is 1. The first-order valence-corrected chi connectivity index (χ1v) is 9.39. The summed E-state index contributed by atoms with van der Waals surface area (Å²) in [5, 5.41) is 10.0. The first kappa shape index (κ1) is 18.2. The van der Waals surface area contributed by atoms with Crippen molar-refractivity contribution in [2.75, 3.05) is 52.5 Å². The van der Waals surface area contributed by atoms with Crippen molar-refractivity contribution < 1.29 is 4.74 Å². The molecule has 2 heterocycles. The number of guanidine groups is 1. The van der Waals surface area contributed by atoms with Gasteiger partial charge in [-0.1, -0.05) is 0 Å². The van der Waals surface area contributed by atoms with Crippen LogP contribution in [0.5, 0.6) is 0 Å². The smallest absolute Gasteiger partial charge is 0.191 e. The molecule has 1 fully saturated rings. The Morgan fingerprint density at radius 2 is 2.22 bits per heavy atom. The Balaban J connectivity index is 1.64. The van der Waals surface area contributed by atoms with Gasteiger partial charge in [0.1, 0.15) is 0 Å². The second-order valence-electron chi connectivity index (χ2n) is 5.63. The van der Waals surface area contributed by atoms with Crippen LogP contribution in [-0.2, 0) is 11.2 Å². The van der Waals surface area contributed by atoms with E-state index >= 15 is 0 Å². The predicted octanol–water partition coefficient (Wildman–Crippen LogP) is 1.27. The van der Waals surface area contributed by atoms with E-state index in [2.05, 4.69) is 37.8 Å². The van der Waals surface area contributed by atoms with Crippen LogP contribution in [0.25, 0.3) is 0 Å². The summed E-state index contributed by atoms with van der Waals surface area (Å²) in [6.07, 6.45) is 2.04. The van der Waals surface area contributed by atoms with Gasteiger partial charge in [0.2, 0.25) is 0 Å². The van der Waals surface area contributed by atoms with Crippen LogP contribution < -0.4 is 10.6 Å². The van der Waals surface area contributed by atoms with Gasteiger partial charge in [-0.2, -0.15) is 0 Å². The Kier molecular flexibility index (Phi) is 8.35. The zero-order valence-electron chi connectivity index (χ0n) is 14.3. The number of ether oxygens (including phenoxy) is 1. The van der Waals surface area contributed by atoms with E-state index < -0.39 is 0 Å². The average Bonchev–Trinajstić information content (AvgIpc) is 2.98. The summed E-state index contributed by atoms with van der Waals surface area (Å²) >= 11 is 1.74. The molecule has 0 unspecified atom stereocenters. The van der Waals surface area contributed by atoms with Crippen LogP contribution in [0.4, 0.5) is 0 Å². The van der Waals surface area contributed by atoms with E-state index in [1.807, 2.05) is 6.92 Å². The predicted molar refractivity (Wildman–Crippen MR) is 96.4 cm³/mol. The Labute approximate surface area is 143 Å². The van der Waals surface area contributed by atoms with Gasteiger partial charge in [-0.15, -0.1) is 11.3 Å². The van der Waals surface area contributed by atoms with Crippen LogP contribution in [-0.4, -0.2) is 68.3 Å². The molecule has 23 heavy (non-hydrogen) atoms. The summed E-state index contributed by atoms with van der Waals surface area (Å²) < 4.78 is 5.37. The molecule has 7 heteroatoms. The van der Waals surface area contributed by atoms with Gasteiger partial charge in [-0.3, -0.25) is 9.89 Å². The Morgan fingerprint density at radius 3 is 2.91 bits per heavy atom. The van der Waals surface area contributed by atoms with Gasteiger partial charge in [0.25, 0.3) is 0 Å². The van der Waals surface area contributed by atoms with E-state index in [4.69, 9.17) is 4.74 Å². The van der Waals surface area contributed by atoms with Crippen molar-refractivity contribution in [2.24, 2.45) is 4.99 Å². The van der Waals surface area contributed by atoms with E-state index in [9.17, 15) is 0 Å². The Hall–Kier alpha value is -1.18. The standard InChI is InChI=1S/C16H29N5OS/c1-3-17-16(19-7-8-21-9-11-22-12-10-21)18-6-4-5-15-20-14(2)13-23-15/h13H,3-12H2,1-2H3,(H2,17,18,19). The van der Waals surface area contributed by atoms with Crippen molar-refractivity contribution in [2.45, 2.75) is 26.7 Å². The molecule has 1 aromatic rings. The van der Waals surface area contributed by atoms with Gasteiger partial charge >= 0.3 is 0 Å². The molecule has 0 aliphatic carbocycles. The zero-order chi connectivity index (χ0) is 16.3. The first-order valence-electron chi connectivity index (χ1n) is 8.51. The topological polar surface area (TPSA) is 61.8 Å². The summed E-state index contributed by atoms with van der Waals surface area (Å²) in [6, 6.07) is 0. The van der Waals surface area contributed by atoms with Crippen molar-refractivity contribution in [3.8, 4) is 0 Å². The lowest BCUT2D eigenvalue weighted by Crippen LogP contribution is -2.44. The molecule has 130 valence electrons. The number of morpholine rings is 1. The van der Waals surface area contributed by atoms with E-state index in [0.717, 1.165) is 77.0 Å². The number of nitrogens with one attached hydrogen (secondary N) is 2. The summed E-state index contributed by atoms with van der Waals surface area (Å²) in [5.41, 5.74) is 1.12. The van der Waals surface area contributed by atoms with Gasteiger partial charge in [0.15, 0.2) is 5.96 Å². The molecule has 0 radical (unpaired) electrons. The van der Waals surface area contributed by atoms with Crippen molar-refractivity contribution in [1.82, 2.24) is 20.5 Å². The minimum Gasteiger partial charge on any atom is -0.379 e. The fourth-order valence-corrected chi connectivity index (χ4v) is 3.26. The fourth-order valence-electron chi connectivity index (χ4n) is 2.44. The van der Waals surface area contributed by atoms with Gasteiger partial charge in [-0.25, -0.2) is 4.98 Å². The van der Waals surface area contributed by atoms with Crippen LogP contribution in [0.1, 0.15) is 24.0 Å². The molecule has 6 nitrogen and oxygen atoms in total. The maximum absolute atomic E-state index is 5.37. The highest BCUT2D eigenvalue weighted by molar-refractivity contribution is 7.09. The number of aryl methyl sites for hydroxylation is 2.